The fraction of sp³-hybridized carbons (Fsp3) is 0.0588. The first kappa shape index (κ1) is 24.7. The smallest absolute Gasteiger partial charge is 0.152 e. The van der Waals surface area contributed by atoms with Gasteiger partial charge in [0.25, 0.3) is 0 Å². The molecule has 4 heterocycles. The van der Waals surface area contributed by atoms with Crippen LogP contribution >= 0.6 is 46.2 Å². The summed E-state index contributed by atoms with van der Waals surface area (Å²) in [5.74, 6) is 0. The zero-order valence-corrected chi connectivity index (χ0v) is 24.3. The fourth-order valence-electron chi connectivity index (χ4n) is 6.04. The van der Waals surface area contributed by atoms with Gasteiger partial charge >= 0.3 is 0 Å². The molecule has 2 aromatic heterocycles. The van der Waals surface area contributed by atoms with Gasteiger partial charge in [0, 0.05) is 53.0 Å². The van der Waals surface area contributed by atoms with Gasteiger partial charge in [-0.1, -0.05) is 96.3 Å². The Morgan fingerprint density at radius 2 is 0.700 bits per heavy atom. The second-order valence-electron chi connectivity index (χ2n) is 9.94. The van der Waals surface area contributed by atoms with Crippen molar-refractivity contribution in [1.29, 1.82) is 0 Å². The molecule has 0 radical (unpaired) electrons. The van der Waals surface area contributed by atoms with Gasteiger partial charge < -0.3 is 10.2 Å². The molecule has 0 spiro atoms. The maximum atomic E-state index is 12.8. The quantitative estimate of drug-likeness (QED) is 0.216. The summed E-state index contributed by atoms with van der Waals surface area (Å²) in [5, 5.41) is 29.8. The Kier molecular flexibility index (Phi) is 5.68. The molecule has 0 bridgehead atoms. The van der Waals surface area contributed by atoms with Crippen molar-refractivity contribution in [3.63, 3.8) is 0 Å². The maximum absolute atomic E-state index is 12.8. The zero-order valence-electron chi connectivity index (χ0n) is 21.1. The predicted octanol–water partition coefficient (Wildman–Crippen LogP) is 8.97. The van der Waals surface area contributed by atoms with Crippen LogP contribution < -0.4 is 0 Å². The van der Waals surface area contributed by atoms with E-state index < -0.39 is 11.2 Å². The lowest BCUT2D eigenvalue weighted by Crippen LogP contribution is -2.33. The highest BCUT2D eigenvalue weighted by atomic mass is 32.2. The summed E-state index contributed by atoms with van der Waals surface area (Å²) in [6.45, 7) is 0. The summed E-state index contributed by atoms with van der Waals surface area (Å²) < 4.78 is 0. The second-order valence-corrected chi connectivity index (χ2v) is 13.9. The lowest BCUT2D eigenvalue weighted by atomic mass is 9.79. The molecular weight excluding hydrogens is 569 g/mol. The van der Waals surface area contributed by atoms with Crippen molar-refractivity contribution in [3.8, 4) is 11.1 Å². The molecule has 0 fully saturated rings. The molecule has 0 aliphatic carbocycles. The number of thiophene rings is 2. The highest BCUT2D eigenvalue weighted by molar-refractivity contribution is 7.99. The maximum Gasteiger partial charge on any atom is 0.152 e. The van der Waals surface area contributed by atoms with E-state index in [1.807, 2.05) is 72.8 Å². The molecule has 2 aliphatic rings. The van der Waals surface area contributed by atoms with Crippen molar-refractivity contribution >= 4 is 46.2 Å². The van der Waals surface area contributed by atoms with E-state index in [9.17, 15) is 10.2 Å². The molecule has 0 amide bonds. The Hall–Kier alpha value is -3.10. The third-order valence-electron chi connectivity index (χ3n) is 7.83. The Labute approximate surface area is 249 Å². The molecular formula is C34H22O2S4. The molecule has 2 aliphatic heterocycles. The molecule has 0 unspecified atom stereocenters. The van der Waals surface area contributed by atoms with Crippen LogP contribution in [0.25, 0.3) is 11.1 Å². The summed E-state index contributed by atoms with van der Waals surface area (Å²) in [7, 11) is 0. The van der Waals surface area contributed by atoms with Gasteiger partial charge in [0.2, 0.25) is 0 Å². The number of fused-ring (bicyclic) bond motifs is 4. The Balaban J connectivity index is 1.38. The number of aliphatic hydroxyl groups is 2. The standard InChI is InChI=1S/C34H22O2S4/c35-33(23-9-1-5-13-27(23)39-28-14-6-2-10-24(28)33)31-21(17-19-37-31)22-18-20-38-32(22)34(36)25-11-3-7-15-29(25)40-30-16-8-4-12-26(30)34/h1-20,35-36H. The van der Waals surface area contributed by atoms with E-state index in [1.165, 1.54) is 0 Å². The highest BCUT2D eigenvalue weighted by Gasteiger charge is 2.46. The van der Waals surface area contributed by atoms with Crippen LogP contribution in [-0.2, 0) is 11.2 Å². The van der Waals surface area contributed by atoms with Crippen molar-refractivity contribution in [2.24, 2.45) is 0 Å². The molecule has 4 aromatic carbocycles. The SMILES string of the molecule is OC1(c2sccc2-c2ccsc2C2(O)c3ccccc3Sc3ccccc32)c2ccccc2Sc2ccccc21. The predicted molar refractivity (Wildman–Crippen MR) is 166 cm³/mol. The molecule has 6 heteroatoms. The lowest BCUT2D eigenvalue weighted by Gasteiger charge is -2.38. The molecule has 40 heavy (non-hydrogen) atoms. The first-order chi connectivity index (χ1) is 19.6. The normalized spacial score (nSPS) is 15.9. The van der Waals surface area contributed by atoms with E-state index in [2.05, 4.69) is 47.2 Å². The van der Waals surface area contributed by atoms with E-state index in [0.29, 0.717) is 0 Å². The van der Waals surface area contributed by atoms with E-state index in [4.69, 9.17) is 0 Å². The van der Waals surface area contributed by atoms with Crippen molar-refractivity contribution in [2.45, 2.75) is 30.8 Å². The van der Waals surface area contributed by atoms with Gasteiger partial charge in [0.1, 0.15) is 0 Å². The third kappa shape index (κ3) is 3.38. The van der Waals surface area contributed by atoms with Crippen molar-refractivity contribution in [1.82, 2.24) is 0 Å². The number of hydrogen-bond acceptors (Lipinski definition) is 6. The van der Waals surface area contributed by atoms with Gasteiger partial charge in [-0.2, -0.15) is 0 Å². The summed E-state index contributed by atoms with van der Waals surface area (Å²) in [6, 6.07) is 36.8. The second kappa shape index (κ2) is 9.21. The monoisotopic (exact) mass is 590 g/mol. The lowest BCUT2D eigenvalue weighted by molar-refractivity contribution is 0.121. The Morgan fingerprint density at radius 3 is 1.02 bits per heavy atom. The summed E-state index contributed by atoms with van der Waals surface area (Å²) in [6.07, 6.45) is 0. The van der Waals surface area contributed by atoms with Crippen molar-refractivity contribution in [3.05, 3.63) is 152 Å². The van der Waals surface area contributed by atoms with Crippen LogP contribution in [0.15, 0.2) is 140 Å². The van der Waals surface area contributed by atoms with Gasteiger partial charge in [-0.05, 0) is 47.2 Å². The number of benzene rings is 4. The van der Waals surface area contributed by atoms with Crippen LogP contribution in [0.1, 0.15) is 32.0 Å². The molecule has 2 N–H and O–H groups in total. The highest BCUT2D eigenvalue weighted by Crippen LogP contribution is 2.57. The first-order valence-corrected chi connectivity index (χ1v) is 16.3. The number of rotatable bonds is 3. The molecule has 0 atom stereocenters. The molecule has 2 nitrogen and oxygen atoms in total. The largest absolute Gasteiger partial charge is 0.375 e. The van der Waals surface area contributed by atoms with E-state index in [0.717, 1.165) is 62.7 Å². The van der Waals surface area contributed by atoms with E-state index >= 15 is 0 Å². The van der Waals surface area contributed by atoms with Gasteiger partial charge in [0.05, 0.1) is 9.75 Å². The van der Waals surface area contributed by atoms with Crippen LogP contribution in [-0.4, -0.2) is 10.2 Å². The first-order valence-electron chi connectivity index (χ1n) is 12.9. The van der Waals surface area contributed by atoms with E-state index in [1.54, 1.807) is 46.2 Å². The zero-order chi connectivity index (χ0) is 26.9. The van der Waals surface area contributed by atoms with Crippen LogP contribution in [0.2, 0.25) is 0 Å². The van der Waals surface area contributed by atoms with Crippen LogP contribution in [0.4, 0.5) is 0 Å². The van der Waals surface area contributed by atoms with Crippen molar-refractivity contribution in [2.75, 3.05) is 0 Å². The summed E-state index contributed by atoms with van der Waals surface area (Å²) in [4.78, 5) is 5.95. The third-order valence-corrected chi connectivity index (χ3v) is 12.2. The summed E-state index contributed by atoms with van der Waals surface area (Å²) in [5.41, 5.74) is 2.82. The molecule has 8 rings (SSSR count). The van der Waals surface area contributed by atoms with Crippen molar-refractivity contribution < 1.29 is 10.2 Å². The Bertz CT molecular complexity index is 1690. The van der Waals surface area contributed by atoms with Gasteiger partial charge in [-0.15, -0.1) is 22.7 Å². The topological polar surface area (TPSA) is 40.5 Å². The minimum absolute atomic E-state index is 0.864. The number of hydrogen-bond donors (Lipinski definition) is 2. The average Bonchev–Trinajstić information content (AvgIpc) is 3.68. The minimum atomic E-state index is -1.32. The van der Waals surface area contributed by atoms with Crippen LogP contribution in [0.3, 0.4) is 0 Å². The molecule has 194 valence electrons. The summed E-state index contributed by atoms with van der Waals surface area (Å²) >= 11 is 6.53. The minimum Gasteiger partial charge on any atom is -0.375 e. The van der Waals surface area contributed by atoms with E-state index in [-0.39, 0.29) is 0 Å². The Morgan fingerprint density at radius 1 is 0.400 bits per heavy atom. The molecule has 6 aromatic rings. The fourth-order valence-corrected chi connectivity index (χ4v) is 10.5. The van der Waals surface area contributed by atoms with Crippen LogP contribution in [0.5, 0.6) is 0 Å². The van der Waals surface area contributed by atoms with Gasteiger partial charge in [-0.25, -0.2) is 0 Å². The van der Waals surface area contributed by atoms with Gasteiger partial charge in [0.15, 0.2) is 11.2 Å². The molecule has 0 saturated carbocycles. The average molecular weight is 591 g/mol. The molecule has 0 saturated heterocycles. The van der Waals surface area contributed by atoms with Gasteiger partial charge in [-0.3, -0.25) is 0 Å². The van der Waals surface area contributed by atoms with Crippen LogP contribution in [0, 0.1) is 0 Å².